The van der Waals surface area contributed by atoms with Gasteiger partial charge in [0.05, 0.1) is 5.57 Å². The molecule has 0 spiro atoms. The lowest BCUT2D eigenvalue weighted by atomic mass is 10.0. The molecule has 0 fully saturated rings. The molecule has 1 aromatic carbocycles. The number of hydrogen-bond donors (Lipinski definition) is 0. The Morgan fingerprint density at radius 2 is 1.59 bits per heavy atom. The Morgan fingerprint density at radius 1 is 1.00 bits per heavy atom. The topological polar surface area (TPSA) is 34.1 Å². The van der Waals surface area contributed by atoms with Crippen LogP contribution in [0.3, 0.4) is 0 Å². The molecule has 17 heavy (non-hydrogen) atoms. The van der Waals surface area contributed by atoms with Gasteiger partial charge in [-0.25, -0.2) is 0 Å². The largest absolute Gasteiger partial charge is 0.289 e. The van der Waals surface area contributed by atoms with Crippen molar-refractivity contribution in [3.63, 3.8) is 0 Å². The number of rotatable bonds is 2. The Labute approximate surface area is 100.0 Å². The van der Waals surface area contributed by atoms with Crippen molar-refractivity contribution < 1.29 is 9.59 Å². The summed E-state index contributed by atoms with van der Waals surface area (Å²) in [6.07, 6.45) is 6.32. The first-order valence-electron chi connectivity index (χ1n) is 5.39. The standard InChI is InChI=1S/C15H12O2/c1-11(15-13(16)9-10-14(15)17)7-8-12-5-3-2-4-6-12/h2-10H,1H3/b8-7+. The summed E-state index contributed by atoms with van der Waals surface area (Å²) in [5, 5.41) is 0. The van der Waals surface area contributed by atoms with Crippen LogP contribution in [0.2, 0.25) is 0 Å². The zero-order chi connectivity index (χ0) is 12.3. The van der Waals surface area contributed by atoms with Gasteiger partial charge in [0.2, 0.25) is 0 Å². The molecular weight excluding hydrogens is 212 g/mol. The molecule has 0 bridgehead atoms. The van der Waals surface area contributed by atoms with Gasteiger partial charge in [-0.05, 0) is 30.2 Å². The molecule has 1 aromatic rings. The summed E-state index contributed by atoms with van der Waals surface area (Å²) in [5.74, 6) is -0.407. The Morgan fingerprint density at radius 3 is 2.18 bits per heavy atom. The van der Waals surface area contributed by atoms with Crippen LogP contribution in [0.1, 0.15) is 12.5 Å². The number of carbonyl (C=O) groups is 2. The first kappa shape index (κ1) is 11.3. The van der Waals surface area contributed by atoms with Crippen molar-refractivity contribution >= 4 is 17.6 Å². The van der Waals surface area contributed by atoms with Gasteiger partial charge in [-0.1, -0.05) is 42.5 Å². The molecule has 0 heterocycles. The van der Waals surface area contributed by atoms with Crippen molar-refractivity contribution in [1.29, 1.82) is 0 Å². The van der Waals surface area contributed by atoms with Crippen molar-refractivity contribution in [3.8, 4) is 0 Å². The average molecular weight is 224 g/mol. The quantitative estimate of drug-likeness (QED) is 0.571. The molecule has 0 atom stereocenters. The second kappa shape index (κ2) is 4.74. The molecule has 1 aliphatic rings. The highest BCUT2D eigenvalue weighted by Gasteiger charge is 2.21. The van der Waals surface area contributed by atoms with E-state index < -0.39 is 0 Å². The lowest BCUT2D eigenvalue weighted by Crippen LogP contribution is -2.03. The highest BCUT2D eigenvalue weighted by molar-refractivity contribution is 6.34. The van der Waals surface area contributed by atoms with E-state index in [9.17, 15) is 9.59 Å². The second-order valence-electron chi connectivity index (χ2n) is 3.86. The second-order valence-corrected chi connectivity index (χ2v) is 3.86. The number of ketones is 2. The fraction of sp³-hybridized carbons (Fsp3) is 0.0667. The predicted octanol–water partition coefficient (Wildman–Crippen LogP) is 2.72. The van der Waals surface area contributed by atoms with Crippen LogP contribution in [0.25, 0.3) is 6.08 Å². The van der Waals surface area contributed by atoms with Gasteiger partial charge in [-0.3, -0.25) is 9.59 Å². The molecule has 0 aromatic heterocycles. The molecular formula is C15H12O2. The summed E-state index contributed by atoms with van der Waals surface area (Å²) >= 11 is 0. The zero-order valence-corrected chi connectivity index (χ0v) is 9.51. The van der Waals surface area contributed by atoms with Gasteiger partial charge in [0, 0.05) is 0 Å². The van der Waals surface area contributed by atoms with Gasteiger partial charge < -0.3 is 0 Å². The maximum Gasteiger partial charge on any atom is 0.190 e. The Bertz CT molecular complexity index is 526. The molecule has 0 amide bonds. The van der Waals surface area contributed by atoms with Crippen LogP contribution in [-0.4, -0.2) is 11.6 Å². The van der Waals surface area contributed by atoms with Gasteiger partial charge >= 0.3 is 0 Å². The van der Waals surface area contributed by atoms with Gasteiger partial charge in [-0.2, -0.15) is 0 Å². The molecule has 2 rings (SSSR count). The molecule has 2 nitrogen and oxygen atoms in total. The monoisotopic (exact) mass is 224 g/mol. The van der Waals surface area contributed by atoms with Crippen LogP contribution in [0.5, 0.6) is 0 Å². The summed E-state index contributed by atoms with van der Waals surface area (Å²) in [6, 6.07) is 9.75. The van der Waals surface area contributed by atoms with E-state index in [-0.39, 0.29) is 17.1 Å². The smallest absolute Gasteiger partial charge is 0.190 e. The van der Waals surface area contributed by atoms with Crippen molar-refractivity contribution in [2.45, 2.75) is 6.92 Å². The van der Waals surface area contributed by atoms with Gasteiger partial charge in [0.1, 0.15) is 0 Å². The minimum absolute atomic E-state index is 0.204. The van der Waals surface area contributed by atoms with Crippen LogP contribution in [0.15, 0.2) is 59.7 Å². The predicted molar refractivity (Wildman–Crippen MR) is 67.3 cm³/mol. The Kier molecular flexibility index (Phi) is 3.15. The van der Waals surface area contributed by atoms with Gasteiger partial charge in [0.25, 0.3) is 0 Å². The molecule has 0 radical (unpaired) electrons. The molecule has 0 unspecified atom stereocenters. The van der Waals surface area contributed by atoms with E-state index in [4.69, 9.17) is 0 Å². The third-order valence-electron chi connectivity index (χ3n) is 2.60. The fourth-order valence-corrected chi connectivity index (χ4v) is 1.70. The SMILES string of the molecule is CC(/C=C/c1ccccc1)=C1C(=O)C=CC1=O. The molecule has 84 valence electrons. The summed E-state index contributed by atoms with van der Waals surface area (Å²) in [5.41, 5.74) is 2.02. The van der Waals surface area contributed by atoms with Crippen molar-refractivity contribution in [2.24, 2.45) is 0 Å². The first-order valence-corrected chi connectivity index (χ1v) is 5.39. The number of carbonyl (C=O) groups excluding carboxylic acids is 2. The van der Waals surface area contributed by atoms with Crippen LogP contribution in [0, 0.1) is 0 Å². The van der Waals surface area contributed by atoms with E-state index in [1.165, 1.54) is 12.2 Å². The van der Waals surface area contributed by atoms with E-state index in [1.54, 1.807) is 13.0 Å². The summed E-state index contributed by atoms with van der Waals surface area (Å²) in [7, 11) is 0. The Hall–Kier alpha value is -2.22. The van der Waals surface area contributed by atoms with E-state index in [1.807, 2.05) is 36.4 Å². The van der Waals surface area contributed by atoms with Gasteiger partial charge in [0.15, 0.2) is 11.6 Å². The van der Waals surface area contributed by atoms with E-state index in [2.05, 4.69) is 0 Å². The van der Waals surface area contributed by atoms with Crippen LogP contribution in [0.4, 0.5) is 0 Å². The number of benzene rings is 1. The highest BCUT2D eigenvalue weighted by Crippen LogP contribution is 2.16. The molecule has 0 saturated heterocycles. The number of hydrogen-bond acceptors (Lipinski definition) is 2. The maximum absolute atomic E-state index is 11.4. The summed E-state index contributed by atoms with van der Waals surface area (Å²) < 4.78 is 0. The average Bonchev–Trinajstić information content (AvgIpc) is 2.67. The molecule has 0 N–H and O–H groups in total. The third-order valence-corrected chi connectivity index (χ3v) is 2.60. The fourth-order valence-electron chi connectivity index (χ4n) is 1.70. The van der Waals surface area contributed by atoms with E-state index in [0.29, 0.717) is 5.57 Å². The minimum Gasteiger partial charge on any atom is -0.289 e. The maximum atomic E-state index is 11.4. The van der Waals surface area contributed by atoms with Crippen molar-refractivity contribution in [3.05, 3.63) is 65.3 Å². The van der Waals surface area contributed by atoms with Crippen LogP contribution < -0.4 is 0 Å². The highest BCUT2D eigenvalue weighted by atomic mass is 16.2. The molecule has 0 aliphatic heterocycles. The van der Waals surface area contributed by atoms with Crippen LogP contribution >= 0.6 is 0 Å². The lowest BCUT2D eigenvalue weighted by molar-refractivity contribution is -0.115. The van der Waals surface area contributed by atoms with Crippen LogP contribution in [-0.2, 0) is 9.59 Å². The van der Waals surface area contributed by atoms with Crippen molar-refractivity contribution in [1.82, 2.24) is 0 Å². The third kappa shape index (κ3) is 2.48. The summed E-state index contributed by atoms with van der Waals surface area (Å²) in [4.78, 5) is 22.9. The molecule has 2 heteroatoms. The number of allylic oxidation sites excluding steroid dienone is 5. The summed E-state index contributed by atoms with van der Waals surface area (Å²) in [6.45, 7) is 1.78. The zero-order valence-electron chi connectivity index (χ0n) is 9.51. The minimum atomic E-state index is -0.204. The van der Waals surface area contributed by atoms with E-state index >= 15 is 0 Å². The van der Waals surface area contributed by atoms with Gasteiger partial charge in [-0.15, -0.1) is 0 Å². The Balaban J connectivity index is 2.25. The molecule has 0 saturated carbocycles. The normalized spacial score (nSPS) is 15.0. The lowest BCUT2D eigenvalue weighted by Gasteiger charge is -1.98. The van der Waals surface area contributed by atoms with Crippen molar-refractivity contribution in [2.75, 3.05) is 0 Å². The molecule has 1 aliphatic carbocycles. The first-order chi connectivity index (χ1) is 8.18. The van der Waals surface area contributed by atoms with E-state index in [0.717, 1.165) is 5.56 Å².